The van der Waals surface area contributed by atoms with Crippen molar-refractivity contribution in [3.63, 3.8) is 0 Å². The van der Waals surface area contributed by atoms with Crippen molar-refractivity contribution in [3.8, 4) is 5.75 Å². The molecule has 0 spiro atoms. The van der Waals surface area contributed by atoms with Crippen LogP contribution in [0, 0.1) is 6.92 Å². The molecular weight excluding hydrogens is 244 g/mol. The first kappa shape index (κ1) is 15.5. The molecule has 0 unspecified atom stereocenters. The predicted octanol–water partition coefficient (Wildman–Crippen LogP) is 3.57. The van der Waals surface area contributed by atoms with Gasteiger partial charge in [-0.1, -0.05) is 26.7 Å². The molecule has 0 N–H and O–H groups in total. The summed E-state index contributed by atoms with van der Waals surface area (Å²) in [6.07, 6.45) is 3.62. The van der Waals surface area contributed by atoms with Crippen LogP contribution in [0.4, 0.5) is 0 Å². The van der Waals surface area contributed by atoms with E-state index in [0.29, 0.717) is 18.8 Å². The molecule has 4 nitrogen and oxygen atoms in total. The van der Waals surface area contributed by atoms with E-state index in [0.717, 1.165) is 31.4 Å². The first-order chi connectivity index (χ1) is 9.27. The summed E-state index contributed by atoms with van der Waals surface area (Å²) in [5.41, 5.74) is 0.442. The Labute approximate surface area is 114 Å². The zero-order valence-electron chi connectivity index (χ0n) is 11.4. The van der Waals surface area contributed by atoms with Gasteiger partial charge in [0.25, 0.3) is 0 Å². The maximum absolute atomic E-state index is 11.6. The monoisotopic (exact) mass is 265 g/mol. The molecule has 0 atom stereocenters. The van der Waals surface area contributed by atoms with E-state index in [2.05, 4.69) is 18.7 Å². The van der Waals surface area contributed by atoms with Gasteiger partial charge in [0.05, 0.1) is 18.8 Å². The van der Waals surface area contributed by atoms with Gasteiger partial charge in [-0.15, -0.1) is 0 Å². The van der Waals surface area contributed by atoms with Crippen molar-refractivity contribution in [1.29, 1.82) is 0 Å². The predicted molar refractivity (Wildman–Crippen MR) is 72.8 cm³/mol. The van der Waals surface area contributed by atoms with Crippen LogP contribution in [0.1, 0.15) is 43.0 Å². The minimum atomic E-state index is -0.496. The molecular formula is C15H21O4. The number of carbonyl (C=O) groups excluding carboxylic acids is 1. The van der Waals surface area contributed by atoms with E-state index in [1.54, 1.807) is 24.3 Å². The highest BCUT2D eigenvalue weighted by atomic mass is 17.2. The molecule has 0 fully saturated rings. The number of rotatable bonds is 9. The molecule has 0 bridgehead atoms. The van der Waals surface area contributed by atoms with Gasteiger partial charge < -0.3 is 4.74 Å². The molecule has 19 heavy (non-hydrogen) atoms. The SMILES string of the molecule is [CH2]CCCOOC(=O)c1ccc(OCCCC)cc1. The average molecular weight is 265 g/mol. The number of carbonyl (C=O) groups is 1. The molecule has 0 aliphatic carbocycles. The van der Waals surface area contributed by atoms with E-state index in [4.69, 9.17) is 9.62 Å². The number of hydrogen-bond donors (Lipinski definition) is 0. The van der Waals surface area contributed by atoms with Crippen molar-refractivity contribution in [2.75, 3.05) is 13.2 Å². The van der Waals surface area contributed by atoms with Gasteiger partial charge in [0.2, 0.25) is 0 Å². The second-order valence-corrected chi connectivity index (χ2v) is 4.13. The van der Waals surface area contributed by atoms with Gasteiger partial charge in [0.1, 0.15) is 5.75 Å². The fraction of sp³-hybridized carbons (Fsp3) is 0.467. The summed E-state index contributed by atoms with van der Waals surface area (Å²) in [5, 5.41) is 0. The first-order valence-electron chi connectivity index (χ1n) is 6.63. The molecule has 4 heteroatoms. The van der Waals surface area contributed by atoms with Crippen molar-refractivity contribution >= 4 is 5.97 Å². The van der Waals surface area contributed by atoms with Crippen molar-refractivity contribution in [1.82, 2.24) is 0 Å². The quantitative estimate of drug-likeness (QED) is 0.389. The maximum Gasteiger partial charge on any atom is 0.373 e. The number of hydrogen-bond acceptors (Lipinski definition) is 4. The lowest BCUT2D eigenvalue weighted by molar-refractivity contribution is -0.241. The molecule has 105 valence electrons. The van der Waals surface area contributed by atoms with Gasteiger partial charge in [0, 0.05) is 0 Å². The molecule has 0 saturated carbocycles. The number of ether oxygens (including phenoxy) is 1. The smallest absolute Gasteiger partial charge is 0.373 e. The average Bonchev–Trinajstić information content (AvgIpc) is 2.44. The van der Waals surface area contributed by atoms with E-state index in [9.17, 15) is 4.79 Å². The third kappa shape index (κ3) is 6.25. The lowest BCUT2D eigenvalue weighted by atomic mass is 10.2. The summed E-state index contributed by atoms with van der Waals surface area (Å²) < 4.78 is 5.50. The van der Waals surface area contributed by atoms with Crippen LogP contribution in [-0.4, -0.2) is 19.2 Å². The summed E-state index contributed by atoms with van der Waals surface area (Å²) >= 11 is 0. The van der Waals surface area contributed by atoms with Crippen LogP contribution < -0.4 is 4.74 Å². The Morgan fingerprint density at radius 1 is 1.16 bits per heavy atom. The maximum atomic E-state index is 11.6. The van der Waals surface area contributed by atoms with E-state index < -0.39 is 5.97 Å². The topological polar surface area (TPSA) is 44.8 Å². The summed E-state index contributed by atoms with van der Waals surface area (Å²) in [6.45, 7) is 6.83. The Hall–Kier alpha value is -1.55. The third-order valence-corrected chi connectivity index (χ3v) is 2.47. The molecule has 0 saturated heterocycles. The van der Waals surface area contributed by atoms with Gasteiger partial charge in [-0.2, -0.15) is 4.89 Å². The molecule has 0 aliphatic rings. The molecule has 0 amide bonds. The van der Waals surface area contributed by atoms with Gasteiger partial charge in [-0.3, -0.25) is 4.89 Å². The van der Waals surface area contributed by atoms with Crippen molar-refractivity contribution < 1.29 is 19.3 Å². The summed E-state index contributed by atoms with van der Waals surface area (Å²) in [5.74, 6) is 0.257. The third-order valence-electron chi connectivity index (χ3n) is 2.47. The van der Waals surface area contributed by atoms with E-state index in [1.807, 2.05) is 0 Å². The highest BCUT2D eigenvalue weighted by Crippen LogP contribution is 2.13. The molecule has 0 aliphatic heterocycles. The Morgan fingerprint density at radius 2 is 1.89 bits per heavy atom. The Kier molecular flexibility index (Phi) is 7.66. The van der Waals surface area contributed by atoms with E-state index in [1.165, 1.54) is 0 Å². The molecule has 1 radical (unpaired) electrons. The van der Waals surface area contributed by atoms with Crippen LogP contribution >= 0.6 is 0 Å². The minimum Gasteiger partial charge on any atom is -0.494 e. The second kappa shape index (κ2) is 9.39. The van der Waals surface area contributed by atoms with Gasteiger partial charge in [-0.25, -0.2) is 4.79 Å². The van der Waals surface area contributed by atoms with Crippen LogP contribution in [0.25, 0.3) is 0 Å². The first-order valence-corrected chi connectivity index (χ1v) is 6.63. The van der Waals surface area contributed by atoms with Crippen molar-refractivity contribution in [2.45, 2.75) is 32.6 Å². The zero-order valence-corrected chi connectivity index (χ0v) is 11.4. The summed E-state index contributed by atoms with van der Waals surface area (Å²) in [7, 11) is 0. The van der Waals surface area contributed by atoms with Crippen LogP contribution in [0.5, 0.6) is 5.75 Å². The lowest BCUT2D eigenvalue weighted by Gasteiger charge is -2.06. The molecule has 1 aromatic carbocycles. The number of benzene rings is 1. The van der Waals surface area contributed by atoms with Crippen LogP contribution in [0.15, 0.2) is 24.3 Å². The van der Waals surface area contributed by atoms with Crippen LogP contribution in [0.3, 0.4) is 0 Å². The molecule has 1 aromatic rings. The molecule has 0 aromatic heterocycles. The molecule has 0 heterocycles. The fourth-order valence-electron chi connectivity index (χ4n) is 1.33. The lowest BCUT2D eigenvalue weighted by Crippen LogP contribution is -2.07. The van der Waals surface area contributed by atoms with E-state index in [-0.39, 0.29) is 0 Å². The standard InChI is InChI=1S/C15H21O4/c1-3-5-11-17-14-9-7-13(8-10-14)15(16)19-18-12-6-4-2/h7-10H,2-6,11-12H2,1H3. The summed E-state index contributed by atoms with van der Waals surface area (Å²) in [4.78, 5) is 21.0. The normalized spacial score (nSPS) is 10.2. The minimum absolute atomic E-state index is 0.369. The van der Waals surface area contributed by atoms with Crippen molar-refractivity contribution in [2.24, 2.45) is 0 Å². The van der Waals surface area contributed by atoms with Crippen LogP contribution in [-0.2, 0) is 9.78 Å². The van der Waals surface area contributed by atoms with E-state index >= 15 is 0 Å². The largest absolute Gasteiger partial charge is 0.494 e. The molecule has 1 rings (SSSR count). The van der Waals surface area contributed by atoms with Gasteiger partial charge in [-0.05, 0) is 37.1 Å². The zero-order chi connectivity index (χ0) is 13.9. The van der Waals surface area contributed by atoms with Gasteiger partial charge >= 0.3 is 5.97 Å². The Morgan fingerprint density at radius 3 is 2.53 bits per heavy atom. The Bertz CT molecular complexity index is 359. The Balaban J connectivity index is 2.35. The highest BCUT2D eigenvalue weighted by molar-refractivity contribution is 5.89. The number of unbranched alkanes of at least 4 members (excludes halogenated alkanes) is 2. The summed E-state index contributed by atoms with van der Waals surface area (Å²) in [6, 6.07) is 6.83. The van der Waals surface area contributed by atoms with Gasteiger partial charge in [0.15, 0.2) is 0 Å². The fourth-order valence-corrected chi connectivity index (χ4v) is 1.33. The highest BCUT2D eigenvalue weighted by Gasteiger charge is 2.08. The van der Waals surface area contributed by atoms with Crippen molar-refractivity contribution in [3.05, 3.63) is 36.8 Å². The second-order valence-electron chi connectivity index (χ2n) is 4.13. The van der Waals surface area contributed by atoms with Crippen LogP contribution in [0.2, 0.25) is 0 Å².